The normalized spacial score (nSPS) is 16.9. The molecule has 1 aromatic heterocycles. The van der Waals surface area contributed by atoms with Crippen LogP contribution in [0.1, 0.15) is 44.9 Å². The molecule has 2 heterocycles. The van der Waals surface area contributed by atoms with Gasteiger partial charge in [-0.2, -0.15) is 0 Å². The molecular weight excluding hydrogens is 286 g/mol. The van der Waals surface area contributed by atoms with E-state index in [2.05, 4.69) is 21.8 Å². The van der Waals surface area contributed by atoms with Crippen molar-refractivity contribution in [3.63, 3.8) is 0 Å². The highest BCUT2D eigenvalue weighted by atomic mass is 16.1. The fourth-order valence-electron chi connectivity index (χ4n) is 3.55. The SMILES string of the molecule is CCCC1CCN(CCC(=O)Cc2nc3ccccc3[nH]2)CC1. The van der Waals surface area contributed by atoms with Crippen LogP contribution in [-0.2, 0) is 11.2 Å². The summed E-state index contributed by atoms with van der Waals surface area (Å²) < 4.78 is 0. The zero-order valence-corrected chi connectivity index (χ0v) is 14.1. The average Bonchev–Trinajstić information content (AvgIpc) is 2.96. The highest BCUT2D eigenvalue weighted by molar-refractivity contribution is 5.82. The van der Waals surface area contributed by atoms with Crippen LogP contribution in [0.3, 0.4) is 0 Å². The Morgan fingerprint density at radius 3 is 2.83 bits per heavy atom. The number of imidazole rings is 1. The van der Waals surface area contributed by atoms with Gasteiger partial charge in [-0.05, 0) is 44.0 Å². The summed E-state index contributed by atoms with van der Waals surface area (Å²) >= 11 is 0. The number of hydrogen-bond donors (Lipinski definition) is 1. The molecule has 0 spiro atoms. The van der Waals surface area contributed by atoms with E-state index >= 15 is 0 Å². The molecule has 0 bridgehead atoms. The molecule has 1 aromatic carbocycles. The second kappa shape index (κ2) is 7.73. The molecule has 23 heavy (non-hydrogen) atoms. The average molecular weight is 313 g/mol. The lowest BCUT2D eigenvalue weighted by Crippen LogP contribution is -2.35. The Morgan fingerprint density at radius 1 is 1.30 bits per heavy atom. The van der Waals surface area contributed by atoms with Crippen LogP contribution >= 0.6 is 0 Å². The van der Waals surface area contributed by atoms with Crippen LogP contribution in [0.5, 0.6) is 0 Å². The van der Waals surface area contributed by atoms with E-state index in [0.717, 1.165) is 42.4 Å². The van der Waals surface area contributed by atoms with Gasteiger partial charge in [0.15, 0.2) is 0 Å². The summed E-state index contributed by atoms with van der Waals surface area (Å²) in [5.74, 6) is 1.97. The number of H-pyrrole nitrogens is 1. The Morgan fingerprint density at radius 2 is 2.09 bits per heavy atom. The Labute approximate surface area is 138 Å². The monoisotopic (exact) mass is 313 g/mol. The lowest BCUT2D eigenvalue weighted by molar-refractivity contribution is -0.118. The number of carbonyl (C=O) groups is 1. The van der Waals surface area contributed by atoms with Crippen molar-refractivity contribution in [2.45, 2.75) is 45.4 Å². The number of nitrogens with one attached hydrogen (secondary N) is 1. The second-order valence-corrected chi connectivity index (χ2v) is 6.74. The first-order valence-corrected chi connectivity index (χ1v) is 8.92. The predicted octanol–water partition coefficient (Wildman–Crippen LogP) is 3.58. The number of benzene rings is 1. The first-order chi connectivity index (χ1) is 11.2. The molecule has 0 atom stereocenters. The molecule has 3 rings (SSSR count). The number of para-hydroxylation sites is 2. The maximum Gasteiger partial charge on any atom is 0.141 e. The molecule has 0 unspecified atom stereocenters. The Balaban J connectivity index is 1.43. The summed E-state index contributed by atoms with van der Waals surface area (Å²) in [7, 11) is 0. The molecule has 1 fully saturated rings. The van der Waals surface area contributed by atoms with E-state index in [1.165, 1.54) is 25.7 Å². The number of nitrogens with zero attached hydrogens (tertiary/aromatic N) is 2. The number of rotatable bonds is 7. The molecule has 0 amide bonds. The van der Waals surface area contributed by atoms with Gasteiger partial charge < -0.3 is 9.88 Å². The van der Waals surface area contributed by atoms with Gasteiger partial charge in [0.05, 0.1) is 17.5 Å². The first kappa shape index (κ1) is 16.2. The third kappa shape index (κ3) is 4.41. The van der Waals surface area contributed by atoms with E-state index in [1.54, 1.807) is 0 Å². The van der Waals surface area contributed by atoms with Gasteiger partial charge in [0, 0.05) is 13.0 Å². The maximum absolute atomic E-state index is 12.2. The van der Waals surface area contributed by atoms with Crippen molar-refractivity contribution < 1.29 is 4.79 Å². The number of Topliss-reactive ketones (excluding diaryl/α,β-unsaturated/α-hetero) is 1. The number of likely N-dealkylation sites (tertiary alicyclic amines) is 1. The summed E-state index contributed by atoms with van der Waals surface area (Å²) in [5.41, 5.74) is 1.95. The van der Waals surface area contributed by atoms with Gasteiger partial charge >= 0.3 is 0 Å². The molecule has 2 aromatic rings. The third-order valence-corrected chi connectivity index (χ3v) is 4.91. The quantitative estimate of drug-likeness (QED) is 0.850. The fraction of sp³-hybridized carbons (Fsp3) is 0.579. The zero-order valence-electron chi connectivity index (χ0n) is 14.1. The minimum absolute atomic E-state index is 0.278. The van der Waals surface area contributed by atoms with E-state index in [9.17, 15) is 4.79 Å². The number of carbonyl (C=O) groups excluding carboxylic acids is 1. The van der Waals surface area contributed by atoms with Crippen molar-refractivity contribution in [2.75, 3.05) is 19.6 Å². The van der Waals surface area contributed by atoms with Crippen LogP contribution in [-0.4, -0.2) is 40.3 Å². The number of hydrogen-bond acceptors (Lipinski definition) is 3. The summed E-state index contributed by atoms with van der Waals surface area (Å²) in [6, 6.07) is 7.92. The second-order valence-electron chi connectivity index (χ2n) is 6.74. The van der Waals surface area contributed by atoms with Crippen LogP contribution in [0.2, 0.25) is 0 Å². The predicted molar refractivity (Wildman–Crippen MR) is 93.5 cm³/mol. The molecule has 1 aliphatic heterocycles. The Bertz CT molecular complexity index is 608. The highest BCUT2D eigenvalue weighted by Crippen LogP contribution is 2.21. The minimum Gasteiger partial charge on any atom is -0.342 e. The van der Waals surface area contributed by atoms with E-state index in [-0.39, 0.29) is 5.78 Å². The lowest BCUT2D eigenvalue weighted by Gasteiger charge is -2.31. The molecule has 0 radical (unpaired) electrons. The highest BCUT2D eigenvalue weighted by Gasteiger charge is 2.19. The van der Waals surface area contributed by atoms with Crippen molar-refractivity contribution in [3.8, 4) is 0 Å². The standard InChI is InChI=1S/C19H27N3O/c1-2-5-15-8-11-22(12-9-15)13-10-16(23)14-19-20-17-6-3-4-7-18(17)21-19/h3-4,6-7,15H,2,5,8-14H2,1H3,(H,20,21). The third-order valence-electron chi connectivity index (χ3n) is 4.91. The van der Waals surface area contributed by atoms with Gasteiger partial charge in [-0.1, -0.05) is 31.9 Å². The van der Waals surface area contributed by atoms with Crippen LogP contribution in [0.4, 0.5) is 0 Å². The number of piperidine rings is 1. The van der Waals surface area contributed by atoms with Gasteiger partial charge in [0.1, 0.15) is 11.6 Å². The summed E-state index contributed by atoms with van der Waals surface area (Å²) in [4.78, 5) is 22.4. The van der Waals surface area contributed by atoms with Crippen molar-refractivity contribution in [3.05, 3.63) is 30.1 Å². The number of ketones is 1. The van der Waals surface area contributed by atoms with E-state index in [1.807, 2.05) is 24.3 Å². The first-order valence-electron chi connectivity index (χ1n) is 8.92. The van der Waals surface area contributed by atoms with Crippen LogP contribution in [0.25, 0.3) is 11.0 Å². The van der Waals surface area contributed by atoms with Gasteiger partial charge in [-0.15, -0.1) is 0 Å². The molecule has 4 heteroatoms. The molecular formula is C19H27N3O. The Hall–Kier alpha value is -1.68. The molecule has 0 saturated carbocycles. The molecule has 1 aliphatic rings. The van der Waals surface area contributed by atoms with E-state index in [4.69, 9.17) is 0 Å². The van der Waals surface area contributed by atoms with Crippen molar-refractivity contribution in [1.82, 2.24) is 14.9 Å². The van der Waals surface area contributed by atoms with Gasteiger partial charge in [-0.25, -0.2) is 4.98 Å². The van der Waals surface area contributed by atoms with Crippen LogP contribution in [0, 0.1) is 5.92 Å². The molecule has 124 valence electrons. The summed E-state index contributed by atoms with van der Waals surface area (Å²) in [6.07, 6.45) is 6.30. The van der Waals surface area contributed by atoms with Gasteiger partial charge in [-0.3, -0.25) is 4.79 Å². The zero-order chi connectivity index (χ0) is 16.1. The number of aromatic amines is 1. The van der Waals surface area contributed by atoms with Crippen LogP contribution < -0.4 is 0 Å². The maximum atomic E-state index is 12.2. The molecule has 1 saturated heterocycles. The number of aromatic nitrogens is 2. The van der Waals surface area contributed by atoms with Crippen molar-refractivity contribution in [2.24, 2.45) is 5.92 Å². The molecule has 4 nitrogen and oxygen atoms in total. The Kier molecular flexibility index (Phi) is 5.44. The van der Waals surface area contributed by atoms with Crippen LogP contribution in [0.15, 0.2) is 24.3 Å². The lowest BCUT2D eigenvalue weighted by atomic mass is 9.92. The van der Waals surface area contributed by atoms with Crippen molar-refractivity contribution in [1.29, 1.82) is 0 Å². The largest absolute Gasteiger partial charge is 0.342 e. The molecule has 0 aliphatic carbocycles. The molecule has 1 N–H and O–H groups in total. The van der Waals surface area contributed by atoms with Crippen molar-refractivity contribution >= 4 is 16.8 Å². The van der Waals surface area contributed by atoms with Gasteiger partial charge in [0.2, 0.25) is 0 Å². The van der Waals surface area contributed by atoms with E-state index in [0.29, 0.717) is 12.8 Å². The summed E-state index contributed by atoms with van der Waals surface area (Å²) in [5, 5.41) is 0. The van der Waals surface area contributed by atoms with E-state index < -0.39 is 0 Å². The summed E-state index contributed by atoms with van der Waals surface area (Å²) in [6.45, 7) is 5.48. The minimum atomic E-state index is 0.278. The number of fused-ring (bicyclic) bond motifs is 1. The topological polar surface area (TPSA) is 49.0 Å². The fourth-order valence-corrected chi connectivity index (χ4v) is 3.55. The van der Waals surface area contributed by atoms with Gasteiger partial charge in [0.25, 0.3) is 0 Å². The smallest absolute Gasteiger partial charge is 0.141 e.